The molecule has 2 nitrogen and oxygen atoms in total. The van der Waals surface area contributed by atoms with Crippen LogP contribution in [0, 0.1) is 6.92 Å². The van der Waals surface area contributed by atoms with Crippen LogP contribution in [-0.4, -0.2) is 4.57 Å². The van der Waals surface area contributed by atoms with Crippen LogP contribution in [0.25, 0.3) is 10.9 Å². The third-order valence-corrected chi connectivity index (χ3v) is 3.98. The zero-order valence-corrected chi connectivity index (χ0v) is 13.0. The molecule has 0 radical (unpaired) electrons. The van der Waals surface area contributed by atoms with E-state index < -0.39 is 0 Å². The normalized spacial score (nSPS) is 11.0. The van der Waals surface area contributed by atoms with Crippen LogP contribution in [0.15, 0.2) is 48.7 Å². The smallest absolute Gasteiger partial charge is 0.119 e. The average molecular weight is 300 g/mol. The molecule has 0 amide bonds. The number of benzene rings is 2. The second-order valence-corrected chi connectivity index (χ2v) is 5.59. The zero-order valence-electron chi connectivity index (χ0n) is 12.3. The van der Waals surface area contributed by atoms with Crippen molar-refractivity contribution in [2.24, 2.45) is 0 Å². The number of ether oxygens (including phenoxy) is 1. The van der Waals surface area contributed by atoms with E-state index >= 15 is 0 Å². The third kappa shape index (κ3) is 2.77. The van der Waals surface area contributed by atoms with E-state index in [-0.39, 0.29) is 0 Å². The molecule has 0 saturated heterocycles. The number of hydrogen-bond acceptors (Lipinski definition) is 1. The molecule has 1 heterocycles. The van der Waals surface area contributed by atoms with Crippen molar-refractivity contribution in [3.63, 3.8) is 0 Å². The fourth-order valence-electron chi connectivity index (χ4n) is 2.68. The topological polar surface area (TPSA) is 14.2 Å². The van der Waals surface area contributed by atoms with Gasteiger partial charge in [0.15, 0.2) is 0 Å². The minimum absolute atomic E-state index is 0.564. The molecule has 0 spiro atoms. The molecule has 3 rings (SSSR count). The Labute approximate surface area is 129 Å². The van der Waals surface area contributed by atoms with Gasteiger partial charge in [-0.3, -0.25) is 0 Å². The Morgan fingerprint density at radius 2 is 1.86 bits per heavy atom. The molecule has 0 fully saturated rings. The van der Waals surface area contributed by atoms with Gasteiger partial charge >= 0.3 is 0 Å². The van der Waals surface area contributed by atoms with Gasteiger partial charge in [-0.2, -0.15) is 0 Å². The average Bonchev–Trinajstić information content (AvgIpc) is 2.86. The highest BCUT2D eigenvalue weighted by atomic mass is 35.5. The number of hydrogen-bond donors (Lipinski definition) is 0. The minimum atomic E-state index is 0.564. The summed E-state index contributed by atoms with van der Waals surface area (Å²) in [7, 11) is 0. The molecule has 1 aromatic heterocycles. The number of aryl methyl sites for hydroxylation is 2. The lowest BCUT2D eigenvalue weighted by atomic mass is 10.1. The standard InChI is InChI=1S/C18H18ClNO/c1-3-20-11-14(17-6-4-5-13(2)18(17)20)12-21-16-9-7-15(19)8-10-16/h4-11H,3,12H2,1-2H3. The van der Waals surface area contributed by atoms with E-state index in [1.807, 2.05) is 24.3 Å². The van der Waals surface area contributed by atoms with Gasteiger partial charge in [-0.15, -0.1) is 0 Å². The maximum Gasteiger partial charge on any atom is 0.119 e. The van der Waals surface area contributed by atoms with E-state index in [0.29, 0.717) is 6.61 Å². The lowest BCUT2D eigenvalue weighted by Crippen LogP contribution is -1.95. The van der Waals surface area contributed by atoms with Crippen molar-refractivity contribution in [2.75, 3.05) is 0 Å². The van der Waals surface area contributed by atoms with Crippen molar-refractivity contribution >= 4 is 22.5 Å². The largest absolute Gasteiger partial charge is 0.489 e. The Hall–Kier alpha value is -1.93. The molecule has 3 aromatic rings. The number of rotatable bonds is 4. The maximum atomic E-state index is 5.89. The Kier molecular flexibility index (Phi) is 3.89. The van der Waals surface area contributed by atoms with Gasteiger partial charge in [0.2, 0.25) is 0 Å². The lowest BCUT2D eigenvalue weighted by Gasteiger charge is -2.05. The number of aromatic nitrogens is 1. The van der Waals surface area contributed by atoms with Crippen LogP contribution in [0.3, 0.4) is 0 Å². The molecule has 3 heteroatoms. The van der Waals surface area contributed by atoms with E-state index in [2.05, 4.69) is 42.8 Å². The fourth-order valence-corrected chi connectivity index (χ4v) is 2.80. The molecule has 0 atom stereocenters. The van der Waals surface area contributed by atoms with E-state index in [9.17, 15) is 0 Å². The molecule has 0 N–H and O–H groups in total. The van der Waals surface area contributed by atoms with Crippen LogP contribution < -0.4 is 4.74 Å². The molecule has 0 saturated carbocycles. The van der Waals surface area contributed by atoms with Crippen LogP contribution in [0.2, 0.25) is 5.02 Å². The summed E-state index contributed by atoms with van der Waals surface area (Å²) in [6.45, 7) is 5.84. The van der Waals surface area contributed by atoms with Crippen molar-refractivity contribution in [2.45, 2.75) is 27.0 Å². The monoisotopic (exact) mass is 299 g/mol. The van der Waals surface area contributed by atoms with Crippen molar-refractivity contribution in [1.82, 2.24) is 4.57 Å². The summed E-state index contributed by atoms with van der Waals surface area (Å²) in [6.07, 6.45) is 2.19. The van der Waals surface area contributed by atoms with Gasteiger partial charge in [-0.25, -0.2) is 0 Å². The van der Waals surface area contributed by atoms with Crippen molar-refractivity contribution < 1.29 is 4.74 Å². The lowest BCUT2D eigenvalue weighted by molar-refractivity contribution is 0.307. The molecule has 108 valence electrons. The molecule has 21 heavy (non-hydrogen) atoms. The van der Waals surface area contributed by atoms with E-state index in [1.165, 1.54) is 22.0 Å². The Balaban J connectivity index is 1.90. The third-order valence-electron chi connectivity index (χ3n) is 3.73. The molecule has 0 bridgehead atoms. The molecule has 0 aliphatic carbocycles. The predicted molar refractivity (Wildman–Crippen MR) is 88.1 cm³/mol. The van der Waals surface area contributed by atoms with E-state index in [4.69, 9.17) is 16.3 Å². The highest BCUT2D eigenvalue weighted by Crippen LogP contribution is 2.26. The Bertz CT molecular complexity index is 759. The number of nitrogens with zero attached hydrogens (tertiary/aromatic N) is 1. The quantitative estimate of drug-likeness (QED) is 0.645. The molecule has 0 aliphatic rings. The molecule has 0 unspecified atom stereocenters. The highest BCUT2D eigenvalue weighted by Gasteiger charge is 2.10. The Morgan fingerprint density at radius 3 is 2.57 bits per heavy atom. The zero-order chi connectivity index (χ0) is 14.8. The molecule has 0 aliphatic heterocycles. The fraction of sp³-hybridized carbons (Fsp3) is 0.222. The van der Waals surface area contributed by atoms with E-state index in [1.54, 1.807) is 0 Å². The summed E-state index contributed by atoms with van der Waals surface area (Å²) in [5.74, 6) is 0.837. The summed E-state index contributed by atoms with van der Waals surface area (Å²) < 4.78 is 8.16. The Morgan fingerprint density at radius 1 is 1.10 bits per heavy atom. The first-order valence-corrected chi connectivity index (χ1v) is 7.52. The van der Waals surface area contributed by atoms with Crippen molar-refractivity contribution in [1.29, 1.82) is 0 Å². The second kappa shape index (κ2) is 5.82. The van der Waals surface area contributed by atoms with Gasteiger partial charge in [-0.1, -0.05) is 29.8 Å². The first-order valence-electron chi connectivity index (χ1n) is 7.14. The van der Waals surface area contributed by atoms with Gasteiger partial charge in [-0.05, 0) is 43.7 Å². The van der Waals surface area contributed by atoms with Gasteiger partial charge in [0, 0.05) is 28.7 Å². The van der Waals surface area contributed by atoms with Crippen LogP contribution in [0.1, 0.15) is 18.1 Å². The van der Waals surface area contributed by atoms with Crippen LogP contribution in [-0.2, 0) is 13.2 Å². The summed E-state index contributed by atoms with van der Waals surface area (Å²) in [5.41, 5.74) is 3.81. The van der Waals surface area contributed by atoms with Crippen LogP contribution in [0.4, 0.5) is 0 Å². The van der Waals surface area contributed by atoms with Crippen LogP contribution >= 0.6 is 11.6 Å². The van der Waals surface area contributed by atoms with Gasteiger partial charge < -0.3 is 9.30 Å². The first kappa shape index (κ1) is 14.0. The number of para-hydroxylation sites is 1. The number of fused-ring (bicyclic) bond motifs is 1. The SMILES string of the molecule is CCn1cc(COc2ccc(Cl)cc2)c2cccc(C)c21. The number of halogens is 1. The molecular weight excluding hydrogens is 282 g/mol. The molecule has 2 aromatic carbocycles. The first-order chi connectivity index (χ1) is 10.2. The van der Waals surface area contributed by atoms with Crippen molar-refractivity contribution in [3.05, 3.63) is 64.8 Å². The predicted octanol–water partition coefficient (Wildman–Crippen LogP) is 5.20. The summed E-state index contributed by atoms with van der Waals surface area (Å²) in [4.78, 5) is 0. The molecular formula is C18H18ClNO. The van der Waals surface area contributed by atoms with Gasteiger partial charge in [0.05, 0.1) is 5.52 Å². The minimum Gasteiger partial charge on any atom is -0.489 e. The van der Waals surface area contributed by atoms with Crippen molar-refractivity contribution in [3.8, 4) is 5.75 Å². The summed E-state index contributed by atoms with van der Waals surface area (Å²) in [6, 6.07) is 13.9. The second-order valence-electron chi connectivity index (χ2n) is 5.15. The van der Waals surface area contributed by atoms with Gasteiger partial charge in [0.1, 0.15) is 12.4 Å². The highest BCUT2D eigenvalue weighted by molar-refractivity contribution is 6.30. The van der Waals surface area contributed by atoms with Crippen LogP contribution in [0.5, 0.6) is 5.75 Å². The van der Waals surface area contributed by atoms with E-state index in [0.717, 1.165) is 17.3 Å². The summed E-state index contributed by atoms with van der Waals surface area (Å²) >= 11 is 5.89. The van der Waals surface area contributed by atoms with Gasteiger partial charge in [0.25, 0.3) is 0 Å². The maximum absolute atomic E-state index is 5.89. The summed E-state index contributed by atoms with van der Waals surface area (Å²) in [5, 5.41) is 1.99.